The van der Waals surface area contributed by atoms with E-state index in [1.54, 1.807) is 4.90 Å². The summed E-state index contributed by atoms with van der Waals surface area (Å²) in [4.78, 5) is 30.0. The zero-order valence-electron chi connectivity index (χ0n) is 17.1. The maximum Gasteiger partial charge on any atom is 0.265 e. The molecular formula is C24H28N2O3. The minimum absolute atomic E-state index is 0.0211. The van der Waals surface area contributed by atoms with Crippen molar-refractivity contribution in [3.63, 3.8) is 0 Å². The van der Waals surface area contributed by atoms with Gasteiger partial charge in [0.05, 0.1) is 12.2 Å². The van der Waals surface area contributed by atoms with Crippen molar-refractivity contribution in [2.45, 2.75) is 45.1 Å². The van der Waals surface area contributed by atoms with Crippen LogP contribution in [0.4, 0.5) is 5.69 Å². The van der Waals surface area contributed by atoms with Gasteiger partial charge in [-0.2, -0.15) is 0 Å². The third kappa shape index (κ3) is 4.00. The molecule has 2 aliphatic heterocycles. The van der Waals surface area contributed by atoms with E-state index in [1.165, 1.54) is 5.56 Å². The van der Waals surface area contributed by atoms with E-state index in [0.717, 1.165) is 32.4 Å². The second kappa shape index (κ2) is 8.27. The van der Waals surface area contributed by atoms with Gasteiger partial charge in [-0.3, -0.25) is 9.59 Å². The number of ether oxygens (including phenoxy) is 1. The molecule has 0 saturated carbocycles. The third-order valence-corrected chi connectivity index (χ3v) is 5.79. The highest BCUT2D eigenvalue weighted by atomic mass is 16.5. The molecule has 1 fully saturated rings. The van der Waals surface area contributed by atoms with E-state index in [2.05, 4.69) is 13.8 Å². The summed E-state index contributed by atoms with van der Waals surface area (Å²) in [5, 5.41) is 0. The van der Waals surface area contributed by atoms with Gasteiger partial charge in [-0.25, -0.2) is 0 Å². The third-order valence-electron chi connectivity index (χ3n) is 5.79. The topological polar surface area (TPSA) is 49.9 Å². The Bertz CT molecular complexity index is 885. The highest BCUT2D eigenvalue weighted by molar-refractivity contribution is 6.07. The van der Waals surface area contributed by atoms with Crippen LogP contribution < -0.4 is 9.64 Å². The standard InChI is InChI=1S/C24H28N2O3/c1-17(2)18-10-12-19(13-11-18)23(27)26-16-22(24(28)25-14-6-3-7-15-25)29-21-9-5-4-8-20(21)26/h4-5,8-13,17,22H,3,6-7,14-16H2,1-2H3/t22-/m0/s1. The lowest BCUT2D eigenvalue weighted by Gasteiger charge is -2.37. The van der Waals surface area contributed by atoms with E-state index in [9.17, 15) is 9.59 Å². The Hall–Kier alpha value is -2.82. The molecule has 0 radical (unpaired) electrons. The number of rotatable bonds is 3. The van der Waals surface area contributed by atoms with Gasteiger partial charge in [0.2, 0.25) is 0 Å². The molecular weight excluding hydrogens is 364 g/mol. The Labute approximate surface area is 172 Å². The summed E-state index contributed by atoms with van der Waals surface area (Å²) in [6.45, 7) is 6.03. The zero-order chi connectivity index (χ0) is 20.4. The molecule has 0 N–H and O–H groups in total. The molecule has 152 valence electrons. The molecule has 2 heterocycles. The Morgan fingerprint density at radius 2 is 1.66 bits per heavy atom. The van der Waals surface area contributed by atoms with Crippen molar-refractivity contribution in [3.05, 3.63) is 59.7 Å². The molecule has 0 aromatic heterocycles. The summed E-state index contributed by atoms with van der Waals surface area (Å²) in [5.41, 5.74) is 2.53. The van der Waals surface area contributed by atoms with Crippen LogP contribution in [0.5, 0.6) is 5.75 Å². The van der Waals surface area contributed by atoms with E-state index in [4.69, 9.17) is 4.74 Å². The predicted molar refractivity (Wildman–Crippen MR) is 113 cm³/mol. The van der Waals surface area contributed by atoms with Crippen molar-refractivity contribution in [3.8, 4) is 5.75 Å². The molecule has 0 spiro atoms. The van der Waals surface area contributed by atoms with Gasteiger partial charge < -0.3 is 14.5 Å². The van der Waals surface area contributed by atoms with Crippen LogP contribution in [0.25, 0.3) is 0 Å². The van der Waals surface area contributed by atoms with Gasteiger partial charge in [0.25, 0.3) is 11.8 Å². The second-order valence-electron chi connectivity index (χ2n) is 8.15. The van der Waals surface area contributed by atoms with E-state index in [-0.39, 0.29) is 18.4 Å². The van der Waals surface area contributed by atoms with E-state index >= 15 is 0 Å². The van der Waals surface area contributed by atoms with Crippen molar-refractivity contribution >= 4 is 17.5 Å². The maximum absolute atomic E-state index is 13.3. The van der Waals surface area contributed by atoms with Crippen LogP contribution in [0.15, 0.2) is 48.5 Å². The molecule has 29 heavy (non-hydrogen) atoms. The summed E-state index contributed by atoms with van der Waals surface area (Å²) in [6.07, 6.45) is 2.55. The molecule has 5 heteroatoms. The fourth-order valence-electron chi connectivity index (χ4n) is 4.04. The van der Waals surface area contributed by atoms with Gasteiger partial charge in [0.15, 0.2) is 6.10 Å². The van der Waals surface area contributed by atoms with Crippen molar-refractivity contribution in [2.24, 2.45) is 0 Å². The van der Waals surface area contributed by atoms with Gasteiger partial charge in [-0.05, 0) is 55.0 Å². The number of nitrogens with zero attached hydrogens (tertiary/aromatic N) is 2. The number of para-hydroxylation sites is 2. The van der Waals surface area contributed by atoms with E-state index in [1.807, 2.05) is 53.4 Å². The lowest BCUT2D eigenvalue weighted by atomic mass is 10.0. The minimum atomic E-state index is -0.665. The number of anilines is 1. The first kappa shape index (κ1) is 19.5. The van der Waals surface area contributed by atoms with Gasteiger partial charge in [0, 0.05) is 18.7 Å². The number of benzene rings is 2. The summed E-state index contributed by atoms with van der Waals surface area (Å²) in [7, 11) is 0. The number of fused-ring (bicyclic) bond motifs is 1. The molecule has 2 aromatic rings. The van der Waals surface area contributed by atoms with Gasteiger partial charge in [-0.1, -0.05) is 38.1 Å². The predicted octanol–water partition coefficient (Wildman–Crippen LogP) is 4.23. The highest BCUT2D eigenvalue weighted by Crippen LogP contribution is 2.34. The average molecular weight is 392 g/mol. The zero-order valence-corrected chi connectivity index (χ0v) is 17.1. The van der Waals surface area contributed by atoms with Gasteiger partial charge in [0.1, 0.15) is 5.75 Å². The molecule has 2 aliphatic rings. The average Bonchev–Trinajstić information content (AvgIpc) is 2.78. The van der Waals surface area contributed by atoms with Crippen molar-refractivity contribution in [1.29, 1.82) is 0 Å². The molecule has 2 amide bonds. The molecule has 1 saturated heterocycles. The number of hydrogen-bond donors (Lipinski definition) is 0. The molecule has 2 aromatic carbocycles. The summed E-state index contributed by atoms with van der Waals surface area (Å²) >= 11 is 0. The molecule has 0 unspecified atom stereocenters. The van der Waals surface area contributed by atoms with Crippen LogP contribution in [0.1, 0.15) is 54.9 Å². The maximum atomic E-state index is 13.3. The van der Waals surface area contributed by atoms with Crippen LogP contribution in [-0.4, -0.2) is 42.5 Å². The number of amides is 2. The van der Waals surface area contributed by atoms with E-state index in [0.29, 0.717) is 22.9 Å². The SMILES string of the molecule is CC(C)c1ccc(C(=O)N2C[C@@H](C(=O)N3CCCCC3)Oc3ccccc32)cc1. The Morgan fingerprint density at radius 1 is 0.966 bits per heavy atom. The fourth-order valence-corrected chi connectivity index (χ4v) is 4.04. The lowest BCUT2D eigenvalue weighted by molar-refractivity contribution is -0.139. The van der Waals surface area contributed by atoms with Crippen LogP contribution >= 0.6 is 0 Å². The largest absolute Gasteiger partial charge is 0.476 e. The Morgan fingerprint density at radius 3 is 2.34 bits per heavy atom. The van der Waals surface area contributed by atoms with Gasteiger partial charge >= 0.3 is 0 Å². The number of carbonyl (C=O) groups excluding carboxylic acids is 2. The first-order valence-electron chi connectivity index (χ1n) is 10.5. The monoisotopic (exact) mass is 392 g/mol. The molecule has 0 aliphatic carbocycles. The fraction of sp³-hybridized carbons (Fsp3) is 0.417. The van der Waals surface area contributed by atoms with E-state index < -0.39 is 6.10 Å². The quantitative estimate of drug-likeness (QED) is 0.785. The van der Waals surface area contributed by atoms with Crippen LogP contribution in [0, 0.1) is 0 Å². The van der Waals surface area contributed by atoms with Gasteiger partial charge in [-0.15, -0.1) is 0 Å². The smallest absolute Gasteiger partial charge is 0.265 e. The highest BCUT2D eigenvalue weighted by Gasteiger charge is 2.36. The summed E-state index contributed by atoms with van der Waals surface area (Å²) in [6, 6.07) is 15.2. The number of likely N-dealkylation sites (tertiary alicyclic amines) is 1. The van der Waals surface area contributed by atoms with Crippen molar-refractivity contribution in [2.75, 3.05) is 24.5 Å². The van der Waals surface area contributed by atoms with Crippen molar-refractivity contribution < 1.29 is 14.3 Å². The lowest BCUT2D eigenvalue weighted by Crippen LogP contribution is -2.52. The molecule has 5 nitrogen and oxygen atoms in total. The van der Waals surface area contributed by atoms with Crippen molar-refractivity contribution in [1.82, 2.24) is 4.90 Å². The van der Waals surface area contributed by atoms with Crippen LogP contribution in [0.3, 0.4) is 0 Å². The Kier molecular flexibility index (Phi) is 5.56. The minimum Gasteiger partial charge on any atom is -0.476 e. The van der Waals surface area contributed by atoms with Crippen LogP contribution in [-0.2, 0) is 4.79 Å². The first-order valence-corrected chi connectivity index (χ1v) is 10.5. The normalized spacial score (nSPS) is 18.9. The Balaban J connectivity index is 1.60. The summed E-state index contributed by atoms with van der Waals surface area (Å²) in [5.74, 6) is 0.871. The second-order valence-corrected chi connectivity index (χ2v) is 8.15. The summed E-state index contributed by atoms with van der Waals surface area (Å²) < 4.78 is 6.03. The number of piperidine rings is 1. The first-order chi connectivity index (χ1) is 14.0. The molecule has 0 bridgehead atoms. The van der Waals surface area contributed by atoms with Crippen LogP contribution in [0.2, 0.25) is 0 Å². The number of carbonyl (C=O) groups is 2. The number of hydrogen-bond acceptors (Lipinski definition) is 3. The molecule has 1 atom stereocenters. The molecule has 4 rings (SSSR count).